The second kappa shape index (κ2) is 7.29. The molecule has 3 nitrogen and oxygen atoms in total. The van der Waals surface area contributed by atoms with Gasteiger partial charge in [-0.2, -0.15) is 0 Å². The van der Waals surface area contributed by atoms with Crippen LogP contribution in [0.2, 0.25) is 0 Å². The summed E-state index contributed by atoms with van der Waals surface area (Å²) in [5, 5.41) is 2.90. The summed E-state index contributed by atoms with van der Waals surface area (Å²) in [5.74, 6) is 3.06. The SMILES string of the molecule is CC/C(=C\F)COc1ccc(C23CC4CC(C2)C(C(=O)NC)C(C4)C3)cc1. The molecule has 4 heteroatoms. The van der Waals surface area contributed by atoms with E-state index in [2.05, 4.69) is 17.4 Å². The highest BCUT2D eigenvalue weighted by Crippen LogP contribution is 2.62. The lowest BCUT2D eigenvalue weighted by Gasteiger charge is -2.59. The van der Waals surface area contributed by atoms with Crippen LogP contribution >= 0.6 is 0 Å². The number of carbonyl (C=O) groups excluding carboxylic acids is 1. The highest BCUT2D eigenvalue weighted by molar-refractivity contribution is 5.79. The van der Waals surface area contributed by atoms with Crippen LogP contribution in [0.4, 0.5) is 4.39 Å². The van der Waals surface area contributed by atoms with Crippen LogP contribution in [-0.4, -0.2) is 19.6 Å². The molecule has 1 amide bonds. The van der Waals surface area contributed by atoms with Gasteiger partial charge < -0.3 is 10.1 Å². The summed E-state index contributed by atoms with van der Waals surface area (Å²) in [6.07, 6.45) is 7.25. The Morgan fingerprint density at radius 3 is 2.44 bits per heavy atom. The van der Waals surface area contributed by atoms with Crippen LogP contribution in [0.1, 0.15) is 51.0 Å². The van der Waals surface area contributed by atoms with Crippen molar-refractivity contribution >= 4 is 5.91 Å². The van der Waals surface area contributed by atoms with Crippen molar-refractivity contribution < 1.29 is 13.9 Å². The van der Waals surface area contributed by atoms with Gasteiger partial charge in [0, 0.05) is 13.0 Å². The van der Waals surface area contributed by atoms with E-state index in [4.69, 9.17) is 4.74 Å². The van der Waals surface area contributed by atoms with E-state index >= 15 is 0 Å². The molecule has 4 bridgehead atoms. The van der Waals surface area contributed by atoms with Crippen LogP contribution in [0.15, 0.2) is 36.2 Å². The first-order valence-corrected chi connectivity index (χ1v) is 10.3. The van der Waals surface area contributed by atoms with Crippen molar-refractivity contribution in [1.29, 1.82) is 0 Å². The van der Waals surface area contributed by atoms with Crippen molar-refractivity contribution in [3.8, 4) is 5.75 Å². The molecule has 0 aliphatic heterocycles. The summed E-state index contributed by atoms with van der Waals surface area (Å²) < 4.78 is 18.4. The van der Waals surface area contributed by atoms with E-state index in [0.29, 0.717) is 36.8 Å². The number of hydrogen-bond acceptors (Lipinski definition) is 2. The van der Waals surface area contributed by atoms with Crippen molar-refractivity contribution in [2.75, 3.05) is 13.7 Å². The van der Waals surface area contributed by atoms with Crippen LogP contribution in [0, 0.1) is 23.7 Å². The van der Waals surface area contributed by atoms with Crippen LogP contribution in [0.3, 0.4) is 0 Å². The Morgan fingerprint density at radius 2 is 1.89 bits per heavy atom. The third-order valence-electron chi connectivity index (χ3n) is 7.32. The van der Waals surface area contributed by atoms with Crippen LogP contribution in [-0.2, 0) is 10.2 Å². The molecule has 4 aliphatic rings. The van der Waals surface area contributed by atoms with Crippen molar-refractivity contribution in [1.82, 2.24) is 5.32 Å². The van der Waals surface area contributed by atoms with E-state index < -0.39 is 0 Å². The predicted molar refractivity (Wildman–Crippen MR) is 104 cm³/mol. The number of nitrogens with one attached hydrogen (secondary N) is 1. The number of benzene rings is 1. The molecule has 4 saturated carbocycles. The first-order chi connectivity index (χ1) is 13.1. The van der Waals surface area contributed by atoms with Gasteiger partial charge in [-0.15, -0.1) is 0 Å². The Kier molecular flexibility index (Phi) is 5.00. The van der Waals surface area contributed by atoms with Gasteiger partial charge in [0.05, 0.1) is 6.33 Å². The molecular formula is C23H30FNO2. The number of halogens is 1. The maximum absolute atomic E-state index is 12.7. The first kappa shape index (κ1) is 18.5. The maximum atomic E-state index is 12.7. The van der Waals surface area contributed by atoms with Crippen molar-refractivity contribution in [3.05, 3.63) is 41.7 Å². The van der Waals surface area contributed by atoms with Crippen LogP contribution in [0.5, 0.6) is 5.75 Å². The number of carbonyl (C=O) groups is 1. The number of ether oxygens (including phenoxy) is 1. The second-order valence-electron chi connectivity index (χ2n) is 8.82. The van der Waals surface area contributed by atoms with E-state index in [-0.39, 0.29) is 17.2 Å². The molecule has 2 unspecified atom stereocenters. The van der Waals surface area contributed by atoms with E-state index in [1.165, 1.54) is 24.8 Å². The average Bonchev–Trinajstić information content (AvgIpc) is 2.68. The standard InChI is InChI=1S/C23H30FNO2/c1-3-15(13-24)14-27-20-6-4-19(5-7-20)23-10-16-8-17(11-23)21(22(26)25-2)18(9-16)12-23/h4-7,13,16-18,21H,3,8-12,14H2,1-2H3,(H,25,26)/b15-13+. The van der Waals surface area contributed by atoms with E-state index in [9.17, 15) is 9.18 Å². The molecule has 4 aliphatic carbocycles. The fourth-order valence-electron chi connectivity index (χ4n) is 6.26. The minimum absolute atomic E-state index is 0.210. The van der Waals surface area contributed by atoms with Gasteiger partial charge in [-0.25, -0.2) is 4.39 Å². The normalized spacial score (nSPS) is 34.6. The summed E-state index contributed by atoms with van der Waals surface area (Å²) in [5.41, 5.74) is 2.29. The summed E-state index contributed by atoms with van der Waals surface area (Å²) in [6.45, 7) is 2.23. The third-order valence-corrected chi connectivity index (χ3v) is 7.32. The minimum Gasteiger partial charge on any atom is -0.489 e. The zero-order valence-electron chi connectivity index (χ0n) is 16.3. The van der Waals surface area contributed by atoms with Gasteiger partial charge in [0.2, 0.25) is 5.91 Å². The molecule has 0 spiro atoms. The Balaban J connectivity index is 1.50. The lowest BCUT2D eigenvalue weighted by molar-refractivity contribution is -0.139. The molecule has 1 aromatic carbocycles. The van der Waals surface area contributed by atoms with Gasteiger partial charge in [-0.05, 0) is 85.0 Å². The van der Waals surface area contributed by atoms with Crippen molar-refractivity contribution in [2.24, 2.45) is 23.7 Å². The quantitative estimate of drug-likeness (QED) is 0.782. The largest absolute Gasteiger partial charge is 0.489 e. The highest BCUT2D eigenvalue weighted by Gasteiger charge is 2.57. The molecule has 4 fully saturated rings. The predicted octanol–water partition coefficient (Wildman–Crippen LogP) is 4.77. The number of hydrogen-bond donors (Lipinski definition) is 1. The Hall–Kier alpha value is -1.84. The molecular weight excluding hydrogens is 341 g/mol. The third kappa shape index (κ3) is 3.28. The zero-order valence-corrected chi connectivity index (χ0v) is 16.3. The van der Waals surface area contributed by atoms with Gasteiger partial charge in [0.15, 0.2) is 0 Å². The van der Waals surface area contributed by atoms with Crippen LogP contribution in [0.25, 0.3) is 0 Å². The molecule has 1 aromatic rings. The van der Waals surface area contributed by atoms with Gasteiger partial charge in [0.1, 0.15) is 12.4 Å². The van der Waals surface area contributed by atoms with Crippen molar-refractivity contribution in [2.45, 2.75) is 50.9 Å². The first-order valence-electron chi connectivity index (χ1n) is 10.3. The van der Waals surface area contributed by atoms with E-state index in [1.807, 2.05) is 19.1 Å². The molecule has 2 atom stereocenters. The lowest BCUT2D eigenvalue weighted by atomic mass is 9.44. The van der Waals surface area contributed by atoms with Crippen molar-refractivity contribution in [3.63, 3.8) is 0 Å². The summed E-state index contributed by atoms with van der Waals surface area (Å²) in [7, 11) is 1.77. The maximum Gasteiger partial charge on any atom is 0.223 e. The van der Waals surface area contributed by atoms with Gasteiger partial charge in [0.25, 0.3) is 0 Å². The highest BCUT2D eigenvalue weighted by atomic mass is 19.1. The second-order valence-corrected chi connectivity index (χ2v) is 8.82. The fraction of sp³-hybridized carbons (Fsp3) is 0.609. The monoisotopic (exact) mass is 371 g/mol. The average molecular weight is 371 g/mol. The summed E-state index contributed by atoms with van der Waals surface area (Å²) in [4.78, 5) is 12.4. The van der Waals surface area contributed by atoms with Gasteiger partial charge in [-0.3, -0.25) is 4.79 Å². The molecule has 1 N–H and O–H groups in total. The molecule has 5 rings (SSSR count). The molecule has 0 radical (unpaired) electrons. The lowest BCUT2D eigenvalue weighted by Crippen LogP contribution is -2.56. The fourth-order valence-corrected chi connectivity index (χ4v) is 6.26. The van der Waals surface area contributed by atoms with Gasteiger partial charge in [-0.1, -0.05) is 19.1 Å². The molecule has 0 aromatic heterocycles. The van der Waals surface area contributed by atoms with E-state index in [0.717, 1.165) is 24.5 Å². The Morgan fingerprint density at radius 1 is 1.22 bits per heavy atom. The summed E-state index contributed by atoms with van der Waals surface area (Å²) >= 11 is 0. The Labute approximate surface area is 161 Å². The summed E-state index contributed by atoms with van der Waals surface area (Å²) in [6, 6.07) is 8.44. The van der Waals surface area contributed by atoms with Gasteiger partial charge >= 0.3 is 0 Å². The molecule has 146 valence electrons. The topological polar surface area (TPSA) is 38.3 Å². The van der Waals surface area contributed by atoms with Crippen LogP contribution < -0.4 is 10.1 Å². The number of rotatable bonds is 6. The molecule has 27 heavy (non-hydrogen) atoms. The zero-order chi connectivity index (χ0) is 19.0. The molecule has 0 heterocycles. The Bertz CT molecular complexity index is 710. The van der Waals surface area contributed by atoms with E-state index in [1.54, 1.807) is 7.05 Å². The smallest absolute Gasteiger partial charge is 0.223 e. The number of amides is 1. The minimum atomic E-state index is 0.210. The molecule has 0 saturated heterocycles.